The number of anilines is 1. The fourth-order valence-electron chi connectivity index (χ4n) is 2.32. The number of nitrogens with zero attached hydrogens (tertiary/aromatic N) is 3. The zero-order valence-electron chi connectivity index (χ0n) is 14.5. The molecule has 1 N–H and O–H groups in total. The molecule has 0 aromatic heterocycles. The van der Waals surface area contributed by atoms with Gasteiger partial charge in [0.15, 0.2) is 0 Å². The van der Waals surface area contributed by atoms with Gasteiger partial charge in [0.1, 0.15) is 5.69 Å². The minimum Gasteiger partial charge on any atom is -0.272 e. The molecule has 0 aliphatic carbocycles. The Morgan fingerprint density at radius 2 is 1.92 bits per heavy atom. The van der Waals surface area contributed by atoms with E-state index in [2.05, 4.69) is 31.3 Å². The molecule has 0 saturated heterocycles. The zero-order chi connectivity index (χ0) is 18.3. The van der Waals surface area contributed by atoms with Crippen molar-refractivity contribution in [3.05, 3.63) is 38.4 Å². The lowest BCUT2D eigenvalue weighted by Gasteiger charge is -2.19. The largest absolute Gasteiger partial charge is 0.301 e. The van der Waals surface area contributed by atoms with E-state index in [-0.39, 0.29) is 23.0 Å². The third-order valence-corrected chi connectivity index (χ3v) is 4.27. The van der Waals surface area contributed by atoms with Crippen LogP contribution in [0.25, 0.3) is 0 Å². The summed E-state index contributed by atoms with van der Waals surface area (Å²) in [5.41, 5.74) is 2.96. The molecule has 0 fully saturated rings. The van der Waals surface area contributed by atoms with Gasteiger partial charge in [-0.1, -0.05) is 40.0 Å². The van der Waals surface area contributed by atoms with Crippen LogP contribution in [0.4, 0.5) is 17.1 Å². The first kappa shape index (κ1) is 19.5. The third-order valence-electron chi connectivity index (χ3n) is 4.27. The van der Waals surface area contributed by atoms with E-state index in [1.54, 1.807) is 0 Å². The SMILES string of the molecule is CCCCC(C)C(C)C(C)=NNc1ccc([N+](=O)[O-])cc1[N+](=O)[O-]. The van der Waals surface area contributed by atoms with E-state index in [0.717, 1.165) is 31.0 Å². The first-order valence-corrected chi connectivity index (χ1v) is 8.00. The van der Waals surface area contributed by atoms with Crippen LogP contribution in [0.15, 0.2) is 23.3 Å². The first-order chi connectivity index (χ1) is 11.3. The van der Waals surface area contributed by atoms with Gasteiger partial charge in [-0.15, -0.1) is 0 Å². The van der Waals surface area contributed by atoms with Crippen molar-refractivity contribution in [2.24, 2.45) is 16.9 Å². The molecule has 0 bridgehead atoms. The number of rotatable bonds is 9. The van der Waals surface area contributed by atoms with Gasteiger partial charge >= 0.3 is 5.69 Å². The fraction of sp³-hybridized carbons (Fsp3) is 0.562. The van der Waals surface area contributed by atoms with E-state index in [1.165, 1.54) is 12.1 Å². The van der Waals surface area contributed by atoms with Crippen LogP contribution in [0, 0.1) is 32.1 Å². The molecule has 0 radical (unpaired) electrons. The van der Waals surface area contributed by atoms with Gasteiger partial charge in [-0.05, 0) is 24.8 Å². The maximum absolute atomic E-state index is 11.1. The van der Waals surface area contributed by atoms with E-state index in [9.17, 15) is 20.2 Å². The quantitative estimate of drug-likeness (QED) is 0.397. The van der Waals surface area contributed by atoms with Gasteiger partial charge in [0.25, 0.3) is 5.69 Å². The molecule has 1 aromatic carbocycles. The number of nitro groups is 2. The molecule has 0 amide bonds. The van der Waals surface area contributed by atoms with Gasteiger partial charge in [-0.2, -0.15) is 5.10 Å². The van der Waals surface area contributed by atoms with Gasteiger partial charge < -0.3 is 0 Å². The first-order valence-electron chi connectivity index (χ1n) is 8.00. The summed E-state index contributed by atoms with van der Waals surface area (Å²) in [6.07, 6.45) is 3.39. The van der Waals surface area contributed by atoms with E-state index in [0.29, 0.717) is 5.92 Å². The van der Waals surface area contributed by atoms with Crippen LogP contribution in [-0.4, -0.2) is 15.6 Å². The average molecular weight is 336 g/mol. The van der Waals surface area contributed by atoms with Crippen molar-refractivity contribution in [3.8, 4) is 0 Å². The van der Waals surface area contributed by atoms with E-state index in [4.69, 9.17) is 0 Å². The Bertz CT molecular complexity index is 631. The predicted molar refractivity (Wildman–Crippen MR) is 94.3 cm³/mol. The zero-order valence-corrected chi connectivity index (χ0v) is 14.5. The van der Waals surface area contributed by atoms with Crippen molar-refractivity contribution in [2.45, 2.75) is 47.0 Å². The molecule has 0 saturated carbocycles. The van der Waals surface area contributed by atoms with Crippen LogP contribution in [0.2, 0.25) is 0 Å². The molecular weight excluding hydrogens is 312 g/mol. The highest BCUT2D eigenvalue weighted by atomic mass is 16.6. The second-order valence-corrected chi connectivity index (χ2v) is 5.99. The van der Waals surface area contributed by atoms with E-state index in [1.807, 2.05) is 6.92 Å². The van der Waals surface area contributed by atoms with Crippen LogP contribution >= 0.6 is 0 Å². The molecule has 8 nitrogen and oxygen atoms in total. The van der Waals surface area contributed by atoms with Crippen LogP contribution in [-0.2, 0) is 0 Å². The molecule has 2 atom stereocenters. The summed E-state index contributed by atoms with van der Waals surface area (Å²) >= 11 is 0. The highest BCUT2D eigenvalue weighted by molar-refractivity contribution is 5.85. The van der Waals surface area contributed by atoms with Gasteiger partial charge in [0.2, 0.25) is 0 Å². The lowest BCUT2D eigenvalue weighted by Crippen LogP contribution is -2.17. The van der Waals surface area contributed by atoms with Crippen molar-refractivity contribution in [1.29, 1.82) is 0 Å². The van der Waals surface area contributed by atoms with Crippen LogP contribution < -0.4 is 5.43 Å². The normalized spacial score (nSPS) is 14.1. The van der Waals surface area contributed by atoms with Crippen LogP contribution in [0.5, 0.6) is 0 Å². The molecule has 0 spiro atoms. The van der Waals surface area contributed by atoms with E-state index >= 15 is 0 Å². The maximum atomic E-state index is 11.1. The minimum absolute atomic E-state index is 0.137. The van der Waals surface area contributed by atoms with E-state index < -0.39 is 9.85 Å². The van der Waals surface area contributed by atoms with Gasteiger partial charge in [-0.25, -0.2) is 0 Å². The number of nitrogens with one attached hydrogen (secondary N) is 1. The van der Waals surface area contributed by atoms with Gasteiger partial charge in [0.05, 0.1) is 15.9 Å². The van der Waals surface area contributed by atoms with Crippen molar-refractivity contribution in [2.75, 3.05) is 5.43 Å². The van der Waals surface area contributed by atoms with Crippen LogP contribution in [0.3, 0.4) is 0 Å². The van der Waals surface area contributed by atoms with Crippen molar-refractivity contribution >= 4 is 22.8 Å². The molecule has 2 unspecified atom stereocenters. The number of non-ortho nitro benzene ring substituents is 1. The highest BCUT2D eigenvalue weighted by Gasteiger charge is 2.20. The molecule has 0 aliphatic rings. The molecule has 132 valence electrons. The lowest BCUT2D eigenvalue weighted by atomic mass is 9.88. The number of hydrogen-bond donors (Lipinski definition) is 1. The van der Waals surface area contributed by atoms with Gasteiger partial charge in [0, 0.05) is 11.8 Å². The molecule has 1 rings (SSSR count). The number of benzene rings is 1. The van der Waals surface area contributed by atoms with Crippen molar-refractivity contribution in [3.63, 3.8) is 0 Å². The standard InChI is InChI=1S/C16H24N4O4/c1-5-6-7-11(2)12(3)13(4)17-18-15-9-8-14(19(21)22)10-16(15)20(23)24/h8-12,18H,5-7H2,1-4H3. The number of nitro benzene ring substituents is 2. The second kappa shape index (κ2) is 8.95. The number of hydrazone groups is 1. The molecule has 0 aliphatic heterocycles. The third kappa shape index (κ3) is 5.29. The molecular formula is C16H24N4O4. The Hall–Kier alpha value is -2.51. The Morgan fingerprint density at radius 1 is 1.25 bits per heavy atom. The molecule has 8 heteroatoms. The average Bonchev–Trinajstić information content (AvgIpc) is 2.56. The van der Waals surface area contributed by atoms with Crippen molar-refractivity contribution in [1.82, 2.24) is 0 Å². The predicted octanol–water partition coefficient (Wildman–Crippen LogP) is 4.75. The summed E-state index contributed by atoms with van der Waals surface area (Å²) in [5, 5.41) is 26.1. The minimum atomic E-state index is -0.664. The lowest BCUT2D eigenvalue weighted by molar-refractivity contribution is -0.393. The summed E-state index contributed by atoms with van der Waals surface area (Å²) in [5.74, 6) is 0.698. The Balaban J connectivity index is 2.92. The smallest absolute Gasteiger partial charge is 0.272 e. The molecule has 1 aromatic rings. The second-order valence-electron chi connectivity index (χ2n) is 5.99. The summed E-state index contributed by atoms with van der Waals surface area (Å²) in [6.45, 7) is 8.25. The monoisotopic (exact) mass is 336 g/mol. The summed E-state index contributed by atoms with van der Waals surface area (Å²) in [6, 6.07) is 3.45. The maximum Gasteiger partial charge on any atom is 0.301 e. The highest BCUT2D eigenvalue weighted by Crippen LogP contribution is 2.29. The summed E-state index contributed by atoms with van der Waals surface area (Å²) in [7, 11) is 0. The Labute approximate surface area is 141 Å². The Morgan fingerprint density at radius 3 is 2.46 bits per heavy atom. The summed E-state index contributed by atoms with van der Waals surface area (Å²) in [4.78, 5) is 20.5. The molecule has 0 heterocycles. The molecule has 24 heavy (non-hydrogen) atoms. The fourth-order valence-corrected chi connectivity index (χ4v) is 2.32. The number of hydrogen-bond acceptors (Lipinski definition) is 6. The topological polar surface area (TPSA) is 111 Å². The van der Waals surface area contributed by atoms with Gasteiger partial charge in [-0.3, -0.25) is 25.7 Å². The van der Waals surface area contributed by atoms with Crippen molar-refractivity contribution < 1.29 is 9.85 Å². The Kier molecular flexibility index (Phi) is 7.29. The number of unbranched alkanes of at least 4 members (excludes halogenated alkanes) is 1. The summed E-state index contributed by atoms with van der Waals surface area (Å²) < 4.78 is 0. The van der Waals surface area contributed by atoms with Crippen LogP contribution in [0.1, 0.15) is 47.0 Å².